The fourth-order valence-electron chi connectivity index (χ4n) is 11.2. The number of fused-ring (bicyclic) bond motifs is 10. The van der Waals surface area contributed by atoms with Crippen molar-refractivity contribution in [2.75, 3.05) is 4.90 Å². The number of rotatable bonds is 7. The molecule has 0 saturated heterocycles. The Morgan fingerprint density at radius 2 is 1.08 bits per heavy atom. The van der Waals surface area contributed by atoms with E-state index in [1.54, 1.807) is 0 Å². The van der Waals surface area contributed by atoms with Gasteiger partial charge in [0.2, 0.25) is 0 Å². The molecule has 65 heavy (non-hydrogen) atoms. The Balaban J connectivity index is 1.04. The summed E-state index contributed by atoms with van der Waals surface area (Å²) in [5.41, 5.74) is 13.2. The Hall–Kier alpha value is -8.27. The smallest absolute Gasteiger partial charge is 0.153 e. The van der Waals surface area contributed by atoms with Crippen LogP contribution in [0.1, 0.15) is 28.2 Å². The first-order chi connectivity index (χ1) is 32.2. The molecule has 3 heteroatoms. The number of allylic oxidation sites excluding steroid dienone is 3. The number of furan rings is 1. The lowest BCUT2D eigenvalue weighted by atomic mass is 9.62. The van der Waals surface area contributed by atoms with Gasteiger partial charge in [-0.25, -0.2) is 0 Å². The first-order valence-electron chi connectivity index (χ1n) is 22.5. The highest BCUT2D eigenvalue weighted by molar-refractivity contribution is 6.12. The molecule has 9 aromatic carbocycles. The molecule has 11 aromatic rings. The Bertz CT molecular complexity index is 3590. The number of nitrogens with zero attached hydrogens (tertiary/aromatic N) is 2. The fraction of sp³-hybridized carbons (Fsp3) is 0.0484. The second kappa shape index (κ2) is 14.9. The summed E-state index contributed by atoms with van der Waals surface area (Å²) in [6, 6.07) is 79.7. The SMILES string of the molecule is C1=CC2c3c(c4ccccc4c4ccccc34)C(c3ccccc3)(c3ccccc3)C2C=C1N(c1ccc(-c2cc3ncccc3o2)cc1)c1ccc2cc(-c3ccccc3)ccc2c1. The van der Waals surface area contributed by atoms with Crippen molar-refractivity contribution in [1.82, 2.24) is 4.98 Å². The molecule has 13 rings (SSSR count). The fourth-order valence-corrected chi connectivity index (χ4v) is 11.2. The van der Waals surface area contributed by atoms with Gasteiger partial charge in [-0.05, 0) is 126 Å². The third-order valence-corrected chi connectivity index (χ3v) is 14.0. The standard InChI is InChI=1S/C62H42N2O/c1-4-15-41(16-5-1)43-26-27-45-38-49(33-30-44(45)37-43)64(48-31-28-42(29-32-48)59-40-57-58(65-59)25-14-36-63-57)50-34-35-55-56(39-50)62(46-17-6-2-7-18-46,47-19-8-3-9-20-47)61-54-24-13-11-22-52(54)51-21-10-12-23-53(51)60(55)61/h1-40,55-56H. The third-order valence-electron chi connectivity index (χ3n) is 14.0. The highest BCUT2D eigenvalue weighted by Gasteiger charge is 2.55. The van der Waals surface area contributed by atoms with Crippen molar-refractivity contribution in [1.29, 1.82) is 0 Å². The highest BCUT2D eigenvalue weighted by atomic mass is 16.3. The van der Waals surface area contributed by atoms with E-state index in [9.17, 15) is 0 Å². The Morgan fingerprint density at radius 3 is 1.80 bits per heavy atom. The number of benzene rings is 9. The molecule has 0 N–H and O–H groups in total. The lowest BCUT2D eigenvalue weighted by molar-refractivity contribution is 0.456. The molecular formula is C62H42N2O. The van der Waals surface area contributed by atoms with Gasteiger partial charge in [0.25, 0.3) is 0 Å². The maximum Gasteiger partial charge on any atom is 0.153 e. The van der Waals surface area contributed by atoms with Gasteiger partial charge in [-0.3, -0.25) is 4.98 Å². The molecule has 2 aliphatic rings. The van der Waals surface area contributed by atoms with E-state index in [2.05, 4.69) is 228 Å². The lowest BCUT2D eigenvalue weighted by Gasteiger charge is -2.41. The zero-order chi connectivity index (χ0) is 42.9. The van der Waals surface area contributed by atoms with Crippen molar-refractivity contribution in [2.24, 2.45) is 5.92 Å². The predicted molar refractivity (Wildman–Crippen MR) is 269 cm³/mol. The van der Waals surface area contributed by atoms with Crippen LogP contribution in [-0.4, -0.2) is 4.98 Å². The molecule has 2 aromatic heterocycles. The van der Waals surface area contributed by atoms with Crippen LogP contribution in [0, 0.1) is 5.92 Å². The lowest BCUT2D eigenvalue weighted by Crippen LogP contribution is -2.36. The molecule has 2 aliphatic carbocycles. The topological polar surface area (TPSA) is 29.3 Å². The highest BCUT2D eigenvalue weighted by Crippen LogP contribution is 2.63. The molecule has 0 aliphatic heterocycles. The summed E-state index contributed by atoms with van der Waals surface area (Å²) < 4.78 is 6.29. The van der Waals surface area contributed by atoms with E-state index >= 15 is 0 Å². The van der Waals surface area contributed by atoms with Crippen LogP contribution in [0.4, 0.5) is 11.4 Å². The van der Waals surface area contributed by atoms with Gasteiger partial charge in [-0.15, -0.1) is 0 Å². The Morgan fingerprint density at radius 1 is 0.477 bits per heavy atom. The van der Waals surface area contributed by atoms with Crippen LogP contribution in [0.2, 0.25) is 0 Å². The first kappa shape index (κ1) is 37.3. The van der Waals surface area contributed by atoms with Crippen molar-refractivity contribution in [3.63, 3.8) is 0 Å². The molecule has 306 valence electrons. The van der Waals surface area contributed by atoms with Gasteiger partial charge in [-0.2, -0.15) is 0 Å². The van der Waals surface area contributed by atoms with Gasteiger partial charge in [0, 0.05) is 46.7 Å². The average Bonchev–Trinajstić information content (AvgIpc) is 3.96. The van der Waals surface area contributed by atoms with E-state index in [4.69, 9.17) is 4.42 Å². The van der Waals surface area contributed by atoms with E-state index < -0.39 is 5.41 Å². The van der Waals surface area contributed by atoms with E-state index in [1.807, 2.05) is 24.4 Å². The quantitative estimate of drug-likeness (QED) is 0.150. The van der Waals surface area contributed by atoms with Gasteiger partial charge in [0.05, 0.1) is 5.41 Å². The molecule has 3 nitrogen and oxygen atoms in total. The molecule has 0 fully saturated rings. The van der Waals surface area contributed by atoms with Crippen LogP contribution in [0.3, 0.4) is 0 Å². The van der Waals surface area contributed by atoms with Crippen molar-refractivity contribution < 1.29 is 4.42 Å². The maximum atomic E-state index is 6.29. The van der Waals surface area contributed by atoms with E-state index in [1.165, 1.54) is 65.7 Å². The van der Waals surface area contributed by atoms with Gasteiger partial charge in [0.15, 0.2) is 5.58 Å². The number of hydrogen-bond donors (Lipinski definition) is 0. The molecule has 0 radical (unpaired) electrons. The molecule has 2 heterocycles. The summed E-state index contributed by atoms with van der Waals surface area (Å²) in [6.07, 6.45) is 9.28. The van der Waals surface area contributed by atoms with Crippen molar-refractivity contribution in [3.05, 3.63) is 271 Å². The summed E-state index contributed by atoms with van der Waals surface area (Å²) in [4.78, 5) is 6.98. The number of pyridine rings is 1. The summed E-state index contributed by atoms with van der Waals surface area (Å²) >= 11 is 0. The van der Waals surface area contributed by atoms with Crippen LogP contribution < -0.4 is 4.90 Å². The second-order valence-electron chi connectivity index (χ2n) is 17.4. The van der Waals surface area contributed by atoms with Crippen molar-refractivity contribution >= 4 is 54.8 Å². The van der Waals surface area contributed by atoms with E-state index in [0.717, 1.165) is 39.5 Å². The van der Waals surface area contributed by atoms with Crippen LogP contribution in [0.5, 0.6) is 0 Å². The predicted octanol–water partition coefficient (Wildman–Crippen LogP) is 16.0. The molecular weight excluding hydrogens is 789 g/mol. The zero-order valence-corrected chi connectivity index (χ0v) is 35.6. The van der Waals surface area contributed by atoms with Crippen molar-refractivity contribution in [3.8, 4) is 22.5 Å². The maximum absolute atomic E-state index is 6.29. The van der Waals surface area contributed by atoms with Crippen molar-refractivity contribution in [2.45, 2.75) is 11.3 Å². The van der Waals surface area contributed by atoms with Gasteiger partial charge in [0.1, 0.15) is 11.3 Å². The van der Waals surface area contributed by atoms with Crippen LogP contribution in [0.15, 0.2) is 253 Å². The van der Waals surface area contributed by atoms with Crippen LogP contribution >= 0.6 is 0 Å². The molecule has 2 unspecified atom stereocenters. The van der Waals surface area contributed by atoms with E-state index in [0.29, 0.717) is 0 Å². The summed E-state index contributed by atoms with van der Waals surface area (Å²) in [6.45, 7) is 0. The number of aromatic nitrogens is 1. The molecule has 0 spiro atoms. The van der Waals surface area contributed by atoms with Crippen LogP contribution in [-0.2, 0) is 5.41 Å². The molecule has 0 bridgehead atoms. The molecule has 0 amide bonds. The Kier molecular flexibility index (Phi) is 8.57. The molecule has 2 atom stereocenters. The minimum absolute atomic E-state index is 0.0372. The van der Waals surface area contributed by atoms with Gasteiger partial charge >= 0.3 is 0 Å². The zero-order valence-electron chi connectivity index (χ0n) is 35.6. The molecule has 0 saturated carbocycles. The van der Waals surface area contributed by atoms with E-state index in [-0.39, 0.29) is 11.8 Å². The number of hydrogen-bond acceptors (Lipinski definition) is 3. The number of anilines is 2. The van der Waals surface area contributed by atoms with Gasteiger partial charge in [-0.1, -0.05) is 170 Å². The summed E-state index contributed by atoms with van der Waals surface area (Å²) in [7, 11) is 0. The first-order valence-corrected chi connectivity index (χ1v) is 22.5. The van der Waals surface area contributed by atoms with Crippen LogP contribution in [0.25, 0.3) is 65.9 Å². The second-order valence-corrected chi connectivity index (χ2v) is 17.4. The average molecular weight is 831 g/mol. The Labute approximate surface area is 377 Å². The van der Waals surface area contributed by atoms with Gasteiger partial charge < -0.3 is 9.32 Å². The normalized spacial score (nSPS) is 16.2. The minimum Gasteiger partial charge on any atom is -0.454 e. The summed E-state index contributed by atoms with van der Waals surface area (Å²) in [5, 5.41) is 7.61. The largest absolute Gasteiger partial charge is 0.454 e. The minimum atomic E-state index is -0.510. The summed E-state index contributed by atoms with van der Waals surface area (Å²) in [5.74, 6) is 0.952. The third kappa shape index (κ3) is 5.86. The monoisotopic (exact) mass is 830 g/mol.